The predicted octanol–water partition coefficient (Wildman–Crippen LogP) is -2.28. The maximum Gasteiger partial charge on any atom is 0.135 e. The molecule has 1 heterocycles. The molecule has 1 unspecified atom stereocenters. The first-order chi connectivity index (χ1) is 5.65. The Morgan fingerprint density at radius 3 is 2.50 bits per heavy atom. The minimum Gasteiger partial charge on any atom is -0.394 e. The standard InChI is InChI=1S/C7H15NO4/c9-4-6(11)7(12)8-2-1-5(10)3-8/h5-7,9-12H,1-4H2/t5?,6-,7+/m1/s1. The van der Waals surface area contributed by atoms with E-state index < -0.39 is 25.0 Å². The molecule has 12 heavy (non-hydrogen) atoms. The van der Waals surface area contributed by atoms with Gasteiger partial charge in [0.25, 0.3) is 0 Å². The van der Waals surface area contributed by atoms with E-state index in [1.54, 1.807) is 4.90 Å². The summed E-state index contributed by atoms with van der Waals surface area (Å²) < 4.78 is 0. The van der Waals surface area contributed by atoms with Crippen molar-refractivity contribution in [3.63, 3.8) is 0 Å². The molecule has 3 atom stereocenters. The van der Waals surface area contributed by atoms with Gasteiger partial charge in [0.1, 0.15) is 12.3 Å². The molecular weight excluding hydrogens is 162 g/mol. The molecule has 72 valence electrons. The molecule has 0 radical (unpaired) electrons. The summed E-state index contributed by atoms with van der Waals surface area (Å²) in [5, 5.41) is 36.0. The molecule has 1 saturated heterocycles. The van der Waals surface area contributed by atoms with Crippen molar-refractivity contribution in [2.24, 2.45) is 0 Å². The average molecular weight is 177 g/mol. The molecule has 1 aliphatic heterocycles. The summed E-state index contributed by atoms with van der Waals surface area (Å²) in [5.41, 5.74) is 0. The molecule has 0 amide bonds. The number of aliphatic hydroxyl groups is 4. The van der Waals surface area contributed by atoms with Crippen LogP contribution in [0.3, 0.4) is 0 Å². The summed E-state index contributed by atoms with van der Waals surface area (Å²) in [6, 6.07) is 0. The molecule has 4 N–H and O–H groups in total. The summed E-state index contributed by atoms with van der Waals surface area (Å²) in [6.07, 6.45) is -2.03. The largest absolute Gasteiger partial charge is 0.394 e. The van der Waals surface area contributed by atoms with Gasteiger partial charge in [-0.15, -0.1) is 0 Å². The normalized spacial score (nSPS) is 30.5. The van der Waals surface area contributed by atoms with Gasteiger partial charge in [0.2, 0.25) is 0 Å². The molecule has 5 nitrogen and oxygen atoms in total. The molecule has 1 fully saturated rings. The van der Waals surface area contributed by atoms with Crippen molar-refractivity contribution in [2.75, 3.05) is 19.7 Å². The highest BCUT2D eigenvalue weighted by Gasteiger charge is 2.29. The molecule has 0 spiro atoms. The number of aliphatic hydroxyl groups excluding tert-OH is 4. The van der Waals surface area contributed by atoms with Gasteiger partial charge >= 0.3 is 0 Å². The van der Waals surface area contributed by atoms with E-state index in [1.807, 2.05) is 0 Å². The van der Waals surface area contributed by atoms with Crippen LogP contribution < -0.4 is 0 Å². The van der Waals surface area contributed by atoms with Gasteiger partial charge in [-0.3, -0.25) is 4.90 Å². The quantitative estimate of drug-likeness (QED) is 0.390. The summed E-state index contributed by atoms with van der Waals surface area (Å²) in [5.74, 6) is 0. The number of rotatable bonds is 3. The van der Waals surface area contributed by atoms with Crippen LogP contribution in [0.25, 0.3) is 0 Å². The van der Waals surface area contributed by atoms with Crippen molar-refractivity contribution in [1.29, 1.82) is 0 Å². The van der Waals surface area contributed by atoms with Crippen LogP contribution in [-0.2, 0) is 0 Å². The van der Waals surface area contributed by atoms with E-state index in [2.05, 4.69) is 0 Å². The lowest BCUT2D eigenvalue weighted by Crippen LogP contribution is -2.44. The number of hydrogen-bond donors (Lipinski definition) is 4. The molecular formula is C7H15NO4. The number of β-amino-alcohol motifs (C(OH)–C–C–N with tert-alkyl or cyclic N) is 1. The van der Waals surface area contributed by atoms with Gasteiger partial charge in [0.15, 0.2) is 0 Å². The van der Waals surface area contributed by atoms with Gasteiger partial charge in [0.05, 0.1) is 12.7 Å². The van der Waals surface area contributed by atoms with Crippen molar-refractivity contribution in [3.05, 3.63) is 0 Å². The van der Waals surface area contributed by atoms with E-state index in [4.69, 9.17) is 15.3 Å². The summed E-state index contributed by atoms with van der Waals surface area (Å²) in [7, 11) is 0. The van der Waals surface area contributed by atoms with Gasteiger partial charge in [-0.05, 0) is 6.42 Å². The number of hydrogen-bond acceptors (Lipinski definition) is 5. The zero-order valence-corrected chi connectivity index (χ0v) is 6.80. The van der Waals surface area contributed by atoms with Gasteiger partial charge in [0, 0.05) is 13.1 Å². The first-order valence-corrected chi connectivity index (χ1v) is 4.04. The summed E-state index contributed by atoms with van der Waals surface area (Å²) >= 11 is 0. The molecule has 0 aliphatic carbocycles. The Balaban J connectivity index is 2.37. The zero-order chi connectivity index (χ0) is 9.14. The first kappa shape index (κ1) is 9.88. The van der Waals surface area contributed by atoms with Crippen LogP contribution in [0.2, 0.25) is 0 Å². The van der Waals surface area contributed by atoms with Crippen LogP contribution in [0, 0.1) is 0 Å². The molecule has 0 aromatic rings. The highest BCUT2D eigenvalue weighted by molar-refractivity contribution is 4.79. The van der Waals surface area contributed by atoms with Crippen LogP contribution in [0.4, 0.5) is 0 Å². The van der Waals surface area contributed by atoms with E-state index >= 15 is 0 Å². The Labute approximate surface area is 70.9 Å². The minimum absolute atomic E-state index is 0.359. The lowest BCUT2D eigenvalue weighted by Gasteiger charge is -2.25. The maximum absolute atomic E-state index is 9.34. The second kappa shape index (κ2) is 4.15. The van der Waals surface area contributed by atoms with Gasteiger partial charge in [-0.2, -0.15) is 0 Å². The third-order valence-electron chi connectivity index (χ3n) is 2.10. The third-order valence-corrected chi connectivity index (χ3v) is 2.10. The molecule has 0 aromatic carbocycles. The Morgan fingerprint density at radius 1 is 1.42 bits per heavy atom. The second-order valence-electron chi connectivity index (χ2n) is 3.10. The fraction of sp³-hybridized carbons (Fsp3) is 1.00. The molecule has 1 aliphatic rings. The smallest absolute Gasteiger partial charge is 0.135 e. The number of nitrogens with zero attached hydrogens (tertiary/aromatic N) is 1. The van der Waals surface area contributed by atoms with Crippen molar-refractivity contribution in [2.45, 2.75) is 24.9 Å². The van der Waals surface area contributed by atoms with Crippen LogP contribution >= 0.6 is 0 Å². The van der Waals surface area contributed by atoms with Crippen molar-refractivity contribution >= 4 is 0 Å². The van der Waals surface area contributed by atoms with E-state index in [-0.39, 0.29) is 0 Å². The summed E-state index contributed by atoms with van der Waals surface area (Å²) in [4.78, 5) is 1.55. The van der Waals surface area contributed by atoms with Crippen LogP contribution in [0.15, 0.2) is 0 Å². The minimum atomic E-state index is -1.14. The van der Waals surface area contributed by atoms with Gasteiger partial charge in [-0.25, -0.2) is 0 Å². The Hall–Kier alpha value is -0.200. The van der Waals surface area contributed by atoms with Crippen molar-refractivity contribution in [1.82, 2.24) is 4.90 Å². The van der Waals surface area contributed by atoms with Gasteiger partial charge in [-0.1, -0.05) is 0 Å². The van der Waals surface area contributed by atoms with E-state index in [1.165, 1.54) is 0 Å². The van der Waals surface area contributed by atoms with Crippen LogP contribution in [0.5, 0.6) is 0 Å². The Morgan fingerprint density at radius 2 is 2.08 bits per heavy atom. The van der Waals surface area contributed by atoms with Crippen molar-refractivity contribution < 1.29 is 20.4 Å². The predicted molar refractivity (Wildman–Crippen MR) is 41.3 cm³/mol. The van der Waals surface area contributed by atoms with E-state index in [9.17, 15) is 5.11 Å². The zero-order valence-electron chi connectivity index (χ0n) is 6.80. The maximum atomic E-state index is 9.34. The van der Waals surface area contributed by atoms with Crippen LogP contribution in [-0.4, -0.2) is 63.5 Å². The lowest BCUT2D eigenvalue weighted by molar-refractivity contribution is -0.0936. The fourth-order valence-electron chi connectivity index (χ4n) is 1.35. The van der Waals surface area contributed by atoms with E-state index in [0.29, 0.717) is 19.5 Å². The topological polar surface area (TPSA) is 84.2 Å². The lowest BCUT2D eigenvalue weighted by atomic mass is 10.3. The highest BCUT2D eigenvalue weighted by Crippen LogP contribution is 2.12. The first-order valence-electron chi connectivity index (χ1n) is 4.04. The second-order valence-corrected chi connectivity index (χ2v) is 3.10. The molecule has 0 saturated carbocycles. The fourth-order valence-corrected chi connectivity index (χ4v) is 1.35. The molecule has 0 aromatic heterocycles. The monoisotopic (exact) mass is 177 g/mol. The Bertz CT molecular complexity index is 143. The number of likely N-dealkylation sites (tertiary alicyclic amines) is 1. The molecule has 5 heteroatoms. The summed E-state index contributed by atoms with van der Waals surface area (Å²) in [6.45, 7) is 0.450. The Kier molecular flexibility index (Phi) is 3.42. The average Bonchev–Trinajstić information content (AvgIpc) is 2.49. The highest BCUT2D eigenvalue weighted by atomic mass is 16.4. The third kappa shape index (κ3) is 2.15. The molecule has 0 bridgehead atoms. The SMILES string of the molecule is OC[C@@H](O)[C@H](O)N1CCC(O)C1. The van der Waals surface area contributed by atoms with E-state index in [0.717, 1.165) is 0 Å². The van der Waals surface area contributed by atoms with Gasteiger partial charge < -0.3 is 20.4 Å². The molecule has 1 rings (SSSR count). The van der Waals surface area contributed by atoms with Crippen LogP contribution in [0.1, 0.15) is 6.42 Å². The van der Waals surface area contributed by atoms with Crippen molar-refractivity contribution in [3.8, 4) is 0 Å².